The third kappa shape index (κ3) is 4.36. The summed E-state index contributed by atoms with van der Waals surface area (Å²) < 4.78 is 10.4. The fourth-order valence-corrected chi connectivity index (χ4v) is 4.48. The number of rotatable bonds is 4. The number of hydrogen-bond acceptors (Lipinski definition) is 4. The Kier molecular flexibility index (Phi) is 7.01. The molecular formula is C21H27Cl2N5O. The SMILES string of the molecule is Cl.Cl.c1ccc(-n2nccc2-c2nccn2CC2CC3(CCNCC3)CO2)cc1. The number of nitrogens with one attached hydrogen (secondary N) is 1. The Hall–Kier alpha value is -1.86. The van der Waals surface area contributed by atoms with E-state index in [0.717, 1.165) is 49.9 Å². The summed E-state index contributed by atoms with van der Waals surface area (Å²) >= 11 is 0. The van der Waals surface area contributed by atoms with Crippen molar-refractivity contribution in [2.75, 3.05) is 19.7 Å². The molecule has 0 aliphatic carbocycles. The summed E-state index contributed by atoms with van der Waals surface area (Å²) in [6.45, 7) is 3.96. The fourth-order valence-electron chi connectivity index (χ4n) is 4.48. The zero-order chi connectivity index (χ0) is 18.1. The number of hydrogen-bond donors (Lipinski definition) is 1. The maximum absolute atomic E-state index is 6.21. The van der Waals surface area contributed by atoms with E-state index in [1.54, 1.807) is 0 Å². The number of imidazole rings is 1. The summed E-state index contributed by atoms with van der Waals surface area (Å²) in [5.41, 5.74) is 2.42. The standard InChI is InChI=1S/C21H25N5O.2ClH/c1-2-4-17(5-3-1)26-19(6-9-24-26)20-23-12-13-25(20)15-18-14-21(16-27-18)7-10-22-11-8-21;;/h1-6,9,12-13,18,22H,7-8,10-11,14-16H2;2*1H. The second-order valence-electron chi connectivity index (χ2n) is 7.75. The molecule has 1 unspecified atom stereocenters. The molecule has 8 heteroatoms. The van der Waals surface area contributed by atoms with E-state index in [9.17, 15) is 0 Å². The molecule has 2 aromatic heterocycles. The van der Waals surface area contributed by atoms with Gasteiger partial charge in [0.1, 0.15) is 5.69 Å². The van der Waals surface area contributed by atoms with E-state index in [1.807, 2.05) is 41.3 Å². The Balaban J connectivity index is 0.00000120. The van der Waals surface area contributed by atoms with Gasteiger partial charge in [0.2, 0.25) is 0 Å². The van der Waals surface area contributed by atoms with Crippen molar-refractivity contribution in [1.29, 1.82) is 0 Å². The molecule has 0 saturated carbocycles. The number of benzene rings is 1. The summed E-state index contributed by atoms with van der Waals surface area (Å²) in [5.74, 6) is 0.936. The van der Waals surface area contributed by atoms with Crippen LogP contribution in [0.2, 0.25) is 0 Å². The van der Waals surface area contributed by atoms with Gasteiger partial charge in [0.05, 0.1) is 31.1 Å². The Morgan fingerprint density at radius 2 is 1.86 bits per heavy atom. The van der Waals surface area contributed by atoms with Gasteiger partial charge in [0.25, 0.3) is 0 Å². The third-order valence-corrected chi connectivity index (χ3v) is 5.94. The van der Waals surface area contributed by atoms with Crippen LogP contribution < -0.4 is 5.32 Å². The van der Waals surface area contributed by atoms with Crippen LogP contribution in [0.3, 0.4) is 0 Å². The molecule has 29 heavy (non-hydrogen) atoms. The molecule has 6 nitrogen and oxygen atoms in total. The molecule has 1 N–H and O–H groups in total. The molecule has 156 valence electrons. The first-order valence-electron chi connectivity index (χ1n) is 9.76. The molecule has 1 aromatic carbocycles. The largest absolute Gasteiger partial charge is 0.376 e. The fraction of sp³-hybridized carbons (Fsp3) is 0.429. The zero-order valence-electron chi connectivity index (χ0n) is 16.2. The minimum atomic E-state index is 0. The summed E-state index contributed by atoms with van der Waals surface area (Å²) in [6, 6.07) is 12.2. The number of ether oxygens (including phenoxy) is 1. The van der Waals surface area contributed by atoms with Crippen molar-refractivity contribution in [2.24, 2.45) is 5.41 Å². The average Bonchev–Trinajstić information content (AvgIpc) is 3.44. The molecule has 5 rings (SSSR count). The van der Waals surface area contributed by atoms with Gasteiger partial charge in [-0.05, 0) is 56.0 Å². The second-order valence-corrected chi connectivity index (χ2v) is 7.75. The van der Waals surface area contributed by atoms with E-state index in [4.69, 9.17) is 4.74 Å². The number of para-hydroxylation sites is 1. The highest BCUT2D eigenvalue weighted by Gasteiger charge is 2.41. The quantitative estimate of drug-likeness (QED) is 0.677. The van der Waals surface area contributed by atoms with Crippen LogP contribution in [0.4, 0.5) is 0 Å². The van der Waals surface area contributed by atoms with Crippen molar-refractivity contribution in [1.82, 2.24) is 24.6 Å². The van der Waals surface area contributed by atoms with Crippen LogP contribution in [0.15, 0.2) is 55.0 Å². The van der Waals surface area contributed by atoms with Crippen LogP contribution >= 0.6 is 24.8 Å². The lowest BCUT2D eigenvalue weighted by molar-refractivity contribution is 0.0777. The van der Waals surface area contributed by atoms with Crippen molar-refractivity contribution in [2.45, 2.75) is 31.9 Å². The van der Waals surface area contributed by atoms with E-state index in [0.29, 0.717) is 5.41 Å². The highest BCUT2D eigenvalue weighted by atomic mass is 35.5. The van der Waals surface area contributed by atoms with Crippen molar-refractivity contribution in [3.05, 3.63) is 55.0 Å². The number of aromatic nitrogens is 4. The topological polar surface area (TPSA) is 56.9 Å². The lowest BCUT2D eigenvalue weighted by Gasteiger charge is -2.32. The van der Waals surface area contributed by atoms with E-state index < -0.39 is 0 Å². The first-order chi connectivity index (χ1) is 13.3. The van der Waals surface area contributed by atoms with Gasteiger partial charge in [0.15, 0.2) is 5.82 Å². The molecule has 2 aliphatic rings. The van der Waals surface area contributed by atoms with Crippen LogP contribution in [-0.2, 0) is 11.3 Å². The van der Waals surface area contributed by atoms with E-state index >= 15 is 0 Å². The van der Waals surface area contributed by atoms with Gasteiger partial charge in [-0.15, -0.1) is 24.8 Å². The lowest BCUT2D eigenvalue weighted by Crippen LogP contribution is -2.37. The Morgan fingerprint density at radius 3 is 2.66 bits per heavy atom. The Bertz CT molecular complexity index is 905. The molecule has 4 heterocycles. The average molecular weight is 436 g/mol. The van der Waals surface area contributed by atoms with Crippen molar-refractivity contribution < 1.29 is 4.74 Å². The maximum Gasteiger partial charge on any atom is 0.158 e. The number of nitrogens with zero attached hydrogens (tertiary/aromatic N) is 4. The van der Waals surface area contributed by atoms with Crippen LogP contribution in [0.5, 0.6) is 0 Å². The minimum Gasteiger partial charge on any atom is -0.376 e. The molecule has 0 radical (unpaired) electrons. The van der Waals surface area contributed by atoms with Gasteiger partial charge in [-0.25, -0.2) is 9.67 Å². The highest BCUT2D eigenvalue weighted by molar-refractivity contribution is 5.85. The molecule has 1 spiro atoms. The molecule has 3 aromatic rings. The van der Waals surface area contributed by atoms with Gasteiger partial charge in [0, 0.05) is 12.4 Å². The van der Waals surface area contributed by atoms with Crippen LogP contribution in [-0.4, -0.2) is 45.1 Å². The van der Waals surface area contributed by atoms with Gasteiger partial charge < -0.3 is 14.6 Å². The highest BCUT2D eigenvalue weighted by Crippen LogP contribution is 2.41. The minimum absolute atomic E-state index is 0. The molecule has 0 amide bonds. The van der Waals surface area contributed by atoms with Crippen LogP contribution in [0.25, 0.3) is 17.2 Å². The van der Waals surface area contributed by atoms with Gasteiger partial charge >= 0.3 is 0 Å². The van der Waals surface area contributed by atoms with Crippen LogP contribution in [0.1, 0.15) is 19.3 Å². The van der Waals surface area contributed by atoms with Crippen molar-refractivity contribution in [3.8, 4) is 17.2 Å². The van der Waals surface area contributed by atoms with E-state index in [2.05, 4.69) is 38.3 Å². The number of piperidine rings is 1. The lowest BCUT2D eigenvalue weighted by atomic mass is 9.77. The van der Waals surface area contributed by atoms with E-state index in [1.165, 1.54) is 12.8 Å². The summed E-state index contributed by atoms with van der Waals surface area (Å²) in [5, 5.41) is 7.97. The summed E-state index contributed by atoms with van der Waals surface area (Å²) in [4.78, 5) is 4.63. The predicted molar refractivity (Wildman–Crippen MR) is 118 cm³/mol. The third-order valence-electron chi connectivity index (χ3n) is 5.94. The molecule has 0 bridgehead atoms. The van der Waals surface area contributed by atoms with Gasteiger partial charge in [-0.2, -0.15) is 5.10 Å². The second kappa shape index (κ2) is 9.30. The van der Waals surface area contributed by atoms with E-state index in [-0.39, 0.29) is 30.9 Å². The van der Waals surface area contributed by atoms with Crippen molar-refractivity contribution >= 4 is 24.8 Å². The first kappa shape index (κ1) is 21.8. The maximum atomic E-state index is 6.21. The van der Waals surface area contributed by atoms with Gasteiger partial charge in [-0.3, -0.25) is 0 Å². The monoisotopic (exact) mass is 435 g/mol. The molecule has 2 saturated heterocycles. The molecular weight excluding hydrogens is 409 g/mol. The zero-order valence-corrected chi connectivity index (χ0v) is 17.9. The molecule has 1 atom stereocenters. The molecule has 2 fully saturated rings. The van der Waals surface area contributed by atoms with Crippen LogP contribution in [0, 0.1) is 5.41 Å². The van der Waals surface area contributed by atoms with Gasteiger partial charge in [-0.1, -0.05) is 18.2 Å². The predicted octanol–water partition coefficient (Wildman–Crippen LogP) is 3.74. The summed E-state index contributed by atoms with van der Waals surface area (Å²) in [7, 11) is 0. The first-order valence-corrected chi connectivity index (χ1v) is 9.76. The normalized spacial score (nSPS) is 20.2. The number of halogens is 2. The Labute approximate surface area is 183 Å². The smallest absolute Gasteiger partial charge is 0.158 e. The van der Waals surface area contributed by atoms with Crippen molar-refractivity contribution in [3.63, 3.8) is 0 Å². The molecule has 2 aliphatic heterocycles. The Morgan fingerprint density at radius 1 is 1.07 bits per heavy atom. The summed E-state index contributed by atoms with van der Waals surface area (Å²) in [6.07, 6.45) is 9.59.